The lowest BCUT2D eigenvalue weighted by Crippen LogP contribution is -2.15. The minimum Gasteiger partial charge on any atom is -0.465 e. The Balaban J connectivity index is 2.19. The van der Waals surface area contributed by atoms with E-state index in [4.69, 9.17) is 9.47 Å². The van der Waals surface area contributed by atoms with Crippen LogP contribution in [0.1, 0.15) is 13.8 Å². The molecule has 2 unspecified atom stereocenters. The highest BCUT2D eigenvalue weighted by Gasteiger charge is 2.16. The van der Waals surface area contributed by atoms with Gasteiger partial charge in [0.15, 0.2) is 0 Å². The largest absolute Gasteiger partial charge is 0.465 e. The van der Waals surface area contributed by atoms with E-state index < -0.39 is 33.5 Å². The summed E-state index contributed by atoms with van der Waals surface area (Å²) < 4.78 is 34.2. The molecule has 2 rings (SSSR count). The molecular formula is C18H20N2O6S2. The highest BCUT2D eigenvalue weighted by molar-refractivity contribution is 7.85. The number of esters is 2. The lowest BCUT2D eigenvalue weighted by molar-refractivity contribution is -0.140. The second-order valence-corrected chi connectivity index (χ2v) is 8.11. The Morgan fingerprint density at radius 2 is 1.18 bits per heavy atom. The van der Waals surface area contributed by atoms with Crippen molar-refractivity contribution in [2.24, 2.45) is 0 Å². The van der Waals surface area contributed by atoms with E-state index in [0.29, 0.717) is 11.4 Å². The SMILES string of the molecule is CCOC(=O)CS(=O)c1cccc(-c2cccc(S(=O)CC(=O)OCC)n2)n1. The molecule has 0 radical (unpaired) electrons. The first-order valence-corrected chi connectivity index (χ1v) is 11.1. The average molecular weight is 425 g/mol. The van der Waals surface area contributed by atoms with Gasteiger partial charge in [-0.2, -0.15) is 0 Å². The predicted octanol–water partition coefficient (Wildman–Crippen LogP) is 1.49. The van der Waals surface area contributed by atoms with Gasteiger partial charge in [-0.1, -0.05) is 12.1 Å². The highest BCUT2D eigenvalue weighted by Crippen LogP contribution is 2.18. The van der Waals surface area contributed by atoms with Crippen molar-refractivity contribution in [3.63, 3.8) is 0 Å². The molecule has 0 saturated heterocycles. The number of rotatable bonds is 9. The lowest BCUT2D eigenvalue weighted by atomic mass is 10.2. The van der Waals surface area contributed by atoms with Gasteiger partial charge in [0, 0.05) is 0 Å². The van der Waals surface area contributed by atoms with Crippen molar-refractivity contribution in [2.45, 2.75) is 23.9 Å². The van der Waals surface area contributed by atoms with Crippen molar-refractivity contribution in [1.29, 1.82) is 0 Å². The zero-order valence-corrected chi connectivity index (χ0v) is 17.1. The van der Waals surface area contributed by atoms with E-state index in [9.17, 15) is 18.0 Å². The normalized spacial score (nSPS) is 12.8. The summed E-state index contributed by atoms with van der Waals surface area (Å²) in [5.74, 6) is -1.71. The van der Waals surface area contributed by atoms with E-state index in [0.717, 1.165) is 0 Å². The predicted molar refractivity (Wildman–Crippen MR) is 103 cm³/mol. The van der Waals surface area contributed by atoms with E-state index in [-0.39, 0.29) is 34.8 Å². The van der Waals surface area contributed by atoms with Crippen LogP contribution in [0, 0.1) is 0 Å². The van der Waals surface area contributed by atoms with Crippen molar-refractivity contribution in [3.05, 3.63) is 36.4 Å². The molecule has 0 aliphatic rings. The number of ether oxygens (including phenoxy) is 2. The number of carbonyl (C=O) groups excluding carboxylic acids is 2. The molecule has 0 N–H and O–H groups in total. The Labute approximate surface area is 167 Å². The molecule has 0 saturated carbocycles. The quantitative estimate of drug-likeness (QED) is 0.557. The standard InChI is InChI=1S/C18H20N2O6S2/c1-3-25-17(21)11-27(23)15-9-5-7-13(19-15)14-8-6-10-16(20-14)28(24)12-18(22)26-4-2/h5-10H,3-4,11-12H2,1-2H3. The fraction of sp³-hybridized carbons (Fsp3) is 0.333. The molecule has 150 valence electrons. The van der Waals surface area contributed by atoms with E-state index in [1.807, 2.05) is 0 Å². The Morgan fingerprint density at radius 1 is 0.786 bits per heavy atom. The average Bonchev–Trinajstić information content (AvgIpc) is 2.68. The number of pyridine rings is 2. The summed E-state index contributed by atoms with van der Waals surface area (Å²) in [6, 6.07) is 9.69. The van der Waals surface area contributed by atoms with Gasteiger partial charge >= 0.3 is 11.9 Å². The molecule has 0 aromatic carbocycles. The first-order chi connectivity index (χ1) is 13.4. The fourth-order valence-electron chi connectivity index (χ4n) is 2.14. The van der Waals surface area contributed by atoms with Crippen LogP contribution in [0.3, 0.4) is 0 Å². The van der Waals surface area contributed by atoms with Crippen molar-refractivity contribution in [1.82, 2.24) is 9.97 Å². The van der Waals surface area contributed by atoms with Crippen molar-refractivity contribution in [2.75, 3.05) is 24.7 Å². The topological polar surface area (TPSA) is 113 Å². The maximum absolute atomic E-state index is 12.3. The third-order valence-electron chi connectivity index (χ3n) is 3.28. The molecule has 2 aromatic rings. The number of aromatic nitrogens is 2. The van der Waals surface area contributed by atoms with Crippen LogP contribution in [0.15, 0.2) is 46.5 Å². The summed E-state index contributed by atoms with van der Waals surface area (Å²) in [6.45, 7) is 3.76. The van der Waals surface area contributed by atoms with Crippen LogP contribution < -0.4 is 0 Å². The molecule has 0 spiro atoms. The van der Waals surface area contributed by atoms with Gasteiger partial charge in [-0.25, -0.2) is 9.97 Å². The Kier molecular flexibility index (Phi) is 8.40. The van der Waals surface area contributed by atoms with Crippen LogP contribution in [0.25, 0.3) is 11.4 Å². The molecule has 10 heteroatoms. The summed E-state index contributed by atoms with van der Waals surface area (Å²) in [4.78, 5) is 31.6. The van der Waals surface area contributed by atoms with Gasteiger partial charge in [-0.05, 0) is 38.1 Å². The van der Waals surface area contributed by atoms with E-state index in [1.165, 1.54) is 0 Å². The van der Waals surface area contributed by atoms with E-state index in [1.54, 1.807) is 50.2 Å². The zero-order valence-electron chi connectivity index (χ0n) is 15.5. The van der Waals surface area contributed by atoms with Crippen LogP contribution in [-0.2, 0) is 40.7 Å². The van der Waals surface area contributed by atoms with E-state index >= 15 is 0 Å². The monoisotopic (exact) mass is 424 g/mol. The molecule has 28 heavy (non-hydrogen) atoms. The molecule has 0 aliphatic heterocycles. The number of hydrogen-bond acceptors (Lipinski definition) is 8. The number of hydrogen-bond donors (Lipinski definition) is 0. The first kappa shape index (κ1) is 21.8. The molecule has 2 heterocycles. The Bertz CT molecular complexity index is 830. The first-order valence-electron chi connectivity index (χ1n) is 8.47. The van der Waals surface area contributed by atoms with Crippen LogP contribution in [0.2, 0.25) is 0 Å². The number of carbonyl (C=O) groups is 2. The summed E-state index contributed by atoms with van der Waals surface area (Å²) in [5, 5.41) is 0.427. The van der Waals surface area contributed by atoms with Crippen molar-refractivity contribution >= 4 is 33.5 Å². The smallest absolute Gasteiger partial charge is 0.318 e. The minimum atomic E-state index is -1.66. The van der Waals surface area contributed by atoms with Gasteiger partial charge in [0.2, 0.25) is 0 Å². The third kappa shape index (κ3) is 6.31. The van der Waals surface area contributed by atoms with Gasteiger partial charge in [0.1, 0.15) is 21.6 Å². The Morgan fingerprint density at radius 3 is 1.54 bits per heavy atom. The third-order valence-corrected chi connectivity index (χ3v) is 5.67. The van der Waals surface area contributed by atoms with Crippen LogP contribution in [0.4, 0.5) is 0 Å². The van der Waals surface area contributed by atoms with Gasteiger partial charge < -0.3 is 9.47 Å². The summed E-state index contributed by atoms with van der Waals surface area (Å²) in [6.07, 6.45) is 0. The van der Waals surface area contributed by atoms with Crippen LogP contribution >= 0.6 is 0 Å². The van der Waals surface area contributed by atoms with E-state index in [2.05, 4.69) is 9.97 Å². The molecule has 8 nitrogen and oxygen atoms in total. The molecule has 0 aliphatic carbocycles. The van der Waals surface area contributed by atoms with Gasteiger partial charge in [-0.15, -0.1) is 0 Å². The van der Waals surface area contributed by atoms with Crippen molar-refractivity contribution in [3.8, 4) is 11.4 Å². The summed E-state index contributed by atoms with van der Waals surface area (Å²) >= 11 is 0. The van der Waals surface area contributed by atoms with Crippen LogP contribution in [-0.4, -0.2) is 55.0 Å². The number of nitrogens with zero attached hydrogens (tertiary/aromatic N) is 2. The molecule has 2 aromatic heterocycles. The molecular weight excluding hydrogens is 404 g/mol. The van der Waals surface area contributed by atoms with Crippen molar-refractivity contribution < 1.29 is 27.5 Å². The summed E-state index contributed by atoms with van der Waals surface area (Å²) in [7, 11) is -3.32. The minimum absolute atomic E-state index is 0.211. The van der Waals surface area contributed by atoms with Gasteiger partial charge in [0.25, 0.3) is 0 Å². The zero-order chi connectivity index (χ0) is 20.5. The maximum atomic E-state index is 12.3. The molecule has 2 atom stereocenters. The second kappa shape index (κ2) is 10.8. The summed E-state index contributed by atoms with van der Waals surface area (Å²) in [5.41, 5.74) is 0.814. The van der Waals surface area contributed by atoms with Gasteiger partial charge in [-0.3, -0.25) is 18.0 Å². The molecule has 0 amide bonds. The molecule has 0 fully saturated rings. The highest BCUT2D eigenvalue weighted by atomic mass is 32.2. The molecule has 0 bridgehead atoms. The van der Waals surface area contributed by atoms with Crippen LogP contribution in [0.5, 0.6) is 0 Å². The second-order valence-electron chi connectivity index (χ2n) is 5.31. The Hall–Kier alpha value is -2.46. The van der Waals surface area contributed by atoms with Gasteiger partial charge in [0.05, 0.1) is 46.2 Å². The lowest BCUT2D eigenvalue weighted by Gasteiger charge is -2.06. The maximum Gasteiger partial charge on any atom is 0.318 e. The fourth-order valence-corrected chi connectivity index (χ4v) is 3.89.